The van der Waals surface area contributed by atoms with Gasteiger partial charge in [-0.25, -0.2) is 4.79 Å². The third kappa shape index (κ3) is 3.25. The monoisotopic (exact) mass is 414 g/mol. The number of carbonyl (C=O) groups excluding carboxylic acids is 1. The molecule has 0 radical (unpaired) electrons. The average molecular weight is 414 g/mol. The number of methoxy groups -OCH3 is 3. The van der Waals surface area contributed by atoms with Gasteiger partial charge >= 0.3 is 5.97 Å². The van der Waals surface area contributed by atoms with Gasteiger partial charge in [-0.15, -0.1) is 5.10 Å². The fraction of sp³-hybridized carbons (Fsp3) is 0.263. The fourth-order valence-electron chi connectivity index (χ4n) is 3.27. The Morgan fingerprint density at radius 3 is 2.48 bits per heavy atom. The van der Waals surface area contributed by atoms with Gasteiger partial charge in [-0.2, -0.15) is 4.68 Å². The highest BCUT2D eigenvalue weighted by Crippen LogP contribution is 2.49. The van der Waals surface area contributed by atoms with Gasteiger partial charge in [0.25, 0.3) is 0 Å². The molecule has 0 saturated carbocycles. The lowest BCUT2D eigenvalue weighted by atomic mass is 10.0. The normalized spacial score (nSPS) is 12.4. The van der Waals surface area contributed by atoms with E-state index < -0.39 is 5.97 Å². The Bertz CT molecular complexity index is 1050. The second-order valence-electron chi connectivity index (χ2n) is 6.01. The highest BCUT2D eigenvalue weighted by Gasteiger charge is 2.35. The maximum atomic E-state index is 12.4. The molecule has 0 atom stereocenters. The summed E-state index contributed by atoms with van der Waals surface area (Å²) in [5.74, 6) is 1.23. The van der Waals surface area contributed by atoms with Crippen LogP contribution in [0.3, 0.4) is 0 Å². The summed E-state index contributed by atoms with van der Waals surface area (Å²) in [5, 5.41) is 12.5. The molecule has 0 N–H and O–H groups in total. The first-order valence-electron chi connectivity index (χ1n) is 8.67. The van der Waals surface area contributed by atoms with Crippen LogP contribution in [0.25, 0.3) is 5.69 Å². The zero-order valence-electron chi connectivity index (χ0n) is 16.0. The minimum absolute atomic E-state index is 0.122. The van der Waals surface area contributed by atoms with Crippen LogP contribution in [-0.4, -0.2) is 47.5 Å². The summed E-state index contributed by atoms with van der Waals surface area (Å²) in [4.78, 5) is 12.4. The van der Waals surface area contributed by atoms with Crippen LogP contribution >= 0.6 is 11.8 Å². The molecule has 0 saturated heterocycles. The smallest absolute Gasteiger partial charge is 0.339 e. The first kappa shape index (κ1) is 19.1. The Balaban J connectivity index is 1.75. The van der Waals surface area contributed by atoms with Crippen molar-refractivity contribution in [1.82, 2.24) is 20.2 Å². The number of rotatable bonds is 7. The van der Waals surface area contributed by atoms with Crippen LogP contribution in [0, 0.1) is 0 Å². The van der Waals surface area contributed by atoms with Crippen LogP contribution in [0.5, 0.6) is 17.2 Å². The molecule has 10 heteroatoms. The Morgan fingerprint density at radius 1 is 1.07 bits per heavy atom. The minimum Gasteiger partial charge on any atom is -0.492 e. The quantitative estimate of drug-likeness (QED) is 0.427. The predicted molar refractivity (Wildman–Crippen MR) is 104 cm³/mol. The molecule has 9 nitrogen and oxygen atoms in total. The van der Waals surface area contributed by atoms with Gasteiger partial charge in [0.1, 0.15) is 6.61 Å². The van der Waals surface area contributed by atoms with Gasteiger partial charge in [-0.05, 0) is 22.6 Å². The molecule has 4 rings (SSSR count). The Labute approximate surface area is 170 Å². The number of thioether (sulfide) groups is 1. The number of hydrogen-bond donors (Lipinski definition) is 0. The molecule has 0 aliphatic carbocycles. The van der Waals surface area contributed by atoms with Crippen molar-refractivity contribution in [1.29, 1.82) is 0 Å². The summed E-state index contributed by atoms with van der Waals surface area (Å²) in [6.45, 7) is 0.122. The number of nitrogens with zero attached hydrogens (tertiary/aromatic N) is 4. The first-order valence-corrected chi connectivity index (χ1v) is 9.65. The number of ether oxygens (including phenoxy) is 4. The zero-order chi connectivity index (χ0) is 20.4. The molecule has 1 aliphatic heterocycles. The predicted octanol–water partition coefficient (Wildman–Crippen LogP) is 2.65. The number of benzene rings is 2. The highest BCUT2D eigenvalue weighted by molar-refractivity contribution is 7.98. The SMILES string of the molecule is COc1c2c(c(CSc3nnnn3-c3ccccc3)c(OC)c1OC)C(=O)OC2. The molecule has 29 heavy (non-hydrogen) atoms. The molecule has 0 amide bonds. The van der Waals surface area contributed by atoms with E-state index in [1.165, 1.54) is 33.1 Å². The van der Waals surface area contributed by atoms with E-state index in [1.54, 1.807) is 4.68 Å². The van der Waals surface area contributed by atoms with Crippen molar-refractivity contribution in [2.45, 2.75) is 17.5 Å². The minimum atomic E-state index is -0.419. The maximum Gasteiger partial charge on any atom is 0.339 e. The molecular weight excluding hydrogens is 396 g/mol. The van der Waals surface area contributed by atoms with Crippen LogP contribution in [0.4, 0.5) is 0 Å². The van der Waals surface area contributed by atoms with E-state index in [1.807, 2.05) is 30.3 Å². The van der Waals surface area contributed by atoms with Crippen LogP contribution in [-0.2, 0) is 17.1 Å². The standard InChI is InChI=1S/C19H18N4O5S/c1-25-15-12-9-28-18(24)14(12)13(16(26-2)17(15)27-3)10-29-19-20-21-22-23(19)11-7-5-4-6-8-11/h4-8H,9-10H2,1-3H3. The van der Waals surface area contributed by atoms with Gasteiger partial charge in [0.05, 0.1) is 38.1 Å². The summed E-state index contributed by atoms with van der Waals surface area (Å²) < 4.78 is 23.5. The molecule has 0 unspecified atom stereocenters. The second kappa shape index (κ2) is 8.00. The van der Waals surface area contributed by atoms with Gasteiger partial charge < -0.3 is 18.9 Å². The van der Waals surface area contributed by atoms with Crippen molar-refractivity contribution in [2.75, 3.05) is 21.3 Å². The first-order chi connectivity index (χ1) is 14.2. The molecular formula is C19H18N4O5S. The second-order valence-corrected chi connectivity index (χ2v) is 6.95. The lowest BCUT2D eigenvalue weighted by Crippen LogP contribution is -2.07. The van der Waals surface area contributed by atoms with Crippen molar-refractivity contribution in [2.24, 2.45) is 0 Å². The molecule has 1 aliphatic rings. The highest BCUT2D eigenvalue weighted by atomic mass is 32.2. The molecule has 3 aromatic rings. The van der Waals surface area contributed by atoms with Crippen LogP contribution in [0.1, 0.15) is 21.5 Å². The van der Waals surface area contributed by atoms with Crippen molar-refractivity contribution in [3.05, 3.63) is 47.0 Å². The number of fused-ring (bicyclic) bond motifs is 1. The molecule has 150 valence electrons. The Kier molecular flexibility index (Phi) is 5.26. The zero-order valence-corrected chi connectivity index (χ0v) is 16.9. The van der Waals surface area contributed by atoms with Gasteiger partial charge in [-0.3, -0.25) is 0 Å². The van der Waals surface area contributed by atoms with Crippen molar-refractivity contribution >= 4 is 17.7 Å². The van der Waals surface area contributed by atoms with Gasteiger partial charge in [0.15, 0.2) is 11.5 Å². The molecule has 0 spiro atoms. The number of esters is 1. The number of aromatic nitrogens is 4. The molecule has 2 aromatic carbocycles. The van der Waals surface area contributed by atoms with Crippen molar-refractivity contribution in [3.8, 4) is 22.9 Å². The third-order valence-corrected chi connectivity index (χ3v) is 5.46. The van der Waals surface area contributed by atoms with Crippen molar-refractivity contribution < 1.29 is 23.7 Å². The summed E-state index contributed by atoms with van der Waals surface area (Å²) in [7, 11) is 4.56. The summed E-state index contributed by atoms with van der Waals surface area (Å²) in [6.07, 6.45) is 0. The van der Waals surface area contributed by atoms with E-state index >= 15 is 0 Å². The van der Waals surface area contributed by atoms with E-state index in [0.29, 0.717) is 44.8 Å². The van der Waals surface area contributed by atoms with Crippen LogP contribution < -0.4 is 14.2 Å². The lowest BCUT2D eigenvalue weighted by Gasteiger charge is -2.18. The third-order valence-electron chi connectivity index (χ3n) is 4.52. The number of cyclic esters (lactones) is 1. The van der Waals surface area contributed by atoms with E-state index in [4.69, 9.17) is 18.9 Å². The Morgan fingerprint density at radius 2 is 1.79 bits per heavy atom. The molecule has 1 aromatic heterocycles. The number of tetrazole rings is 1. The maximum absolute atomic E-state index is 12.4. The summed E-state index contributed by atoms with van der Waals surface area (Å²) in [6, 6.07) is 9.56. The van der Waals surface area contributed by atoms with Gasteiger partial charge in [0, 0.05) is 11.3 Å². The number of carbonyl (C=O) groups is 1. The lowest BCUT2D eigenvalue weighted by molar-refractivity contribution is 0.0533. The van der Waals surface area contributed by atoms with Crippen LogP contribution in [0.15, 0.2) is 35.5 Å². The van der Waals surface area contributed by atoms with E-state index in [0.717, 1.165) is 5.69 Å². The van der Waals surface area contributed by atoms with Crippen LogP contribution in [0.2, 0.25) is 0 Å². The number of hydrogen-bond acceptors (Lipinski definition) is 9. The fourth-order valence-corrected chi connectivity index (χ4v) is 4.18. The average Bonchev–Trinajstić information content (AvgIpc) is 3.38. The largest absolute Gasteiger partial charge is 0.492 e. The van der Waals surface area contributed by atoms with E-state index in [-0.39, 0.29) is 6.61 Å². The Hall–Kier alpha value is -3.27. The summed E-state index contributed by atoms with van der Waals surface area (Å²) in [5.41, 5.74) is 2.57. The number of para-hydroxylation sites is 1. The van der Waals surface area contributed by atoms with Gasteiger partial charge in [0.2, 0.25) is 10.9 Å². The molecule has 0 fully saturated rings. The molecule has 0 bridgehead atoms. The topological polar surface area (TPSA) is 97.6 Å². The summed E-state index contributed by atoms with van der Waals surface area (Å²) >= 11 is 1.37. The molecule has 2 heterocycles. The van der Waals surface area contributed by atoms with E-state index in [9.17, 15) is 4.79 Å². The van der Waals surface area contributed by atoms with E-state index in [2.05, 4.69) is 15.5 Å². The van der Waals surface area contributed by atoms with Gasteiger partial charge in [-0.1, -0.05) is 30.0 Å². The van der Waals surface area contributed by atoms with Crippen molar-refractivity contribution in [3.63, 3.8) is 0 Å².